The fraction of sp³-hybridized carbons (Fsp3) is 0. The van der Waals surface area contributed by atoms with Gasteiger partial charge in [-0.05, 0) is 0 Å². The third-order valence-corrected chi connectivity index (χ3v) is 0. The summed E-state index contributed by atoms with van der Waals surface area (Å²) in [6.45, 7) is 0. The fourth-order valence-electron chi connectivity index (χ4n) is 0. The molecule has 0 N–H and O–H groups in total. The number of rotatable bonds is 0. The van der Waals surface area contributed by atoms with Crippen molar-refractivity contribution in [2.45, 2.75) is 0 Å². The quantitative estimate of drug-likeness (QED) is 0.143. The number of hydrogen-bond donors (Lipinski definition) is 0. The molecule has 0 saturated carbocycles. The van der Waals surface area contributed by atoms with E-state index in [9.17, 15) is 0 Å². The first-order chi connectivity index (χ1) is 1.73. The molecule has 1 unspecified atom stereocenters. The maximum absolute atomic E-state index is 8.81. The van der Waals surface area contributed by atoms with E-state index in [0.717, 1.165) is 0 Å². The Labute approximate surface area is 59.7 Å². The summed E-state index contributed by atoms with van der Waals surface area (Å²) < 4.78 is 17.6. The molecule has 0 aliphatic carbocycles. The van der Waals surface area contributed by atoms with Crippen molar-refractivity contribution in [3.63, 3.8) is 0 Å². The van der Waals surface area contributed by atoms with Gasteiger partial charge < -0.3 is 20.4 Å². The van der Waals surface area contributed by atoms with E-state index in [1.165, 1.54) is 0 Å². The van der Waals surface area contributed by atoms with Crippen LogP contribution in [0.4, 0.5) is 0 Å². The molecular weight excluding hydrogens is 119 g/mol. The molecule has 0 saturated heterocycles. The molecule has 0 amide bonds. The smallest absolute Gasteiger partial charge is 0.793 e. The van der Waals surface area contributed by atoms with Crippen molar-refractivity contribution in [3.05, 3.63) is 0 Å². The molecule has 0 radical (unpaired) electrons. The van der Waals surface area contributed by atoms with Gasteiger partial charge in [-0.15, -0.1) is 0 Å². The Morgan fingerprint density at radius 2 is 1.80 bits per heavy atom. The van der Waals surface area contributed by atoms with Crippen molar-refractivity contribution in [1.29, 1.82) is 0 Å². The molecule has 0 rings (SSSR count). The zero-order valence-electron chi connectivity index (χ0n) is 2.63. The predicted octanol–water partition coefficient (Wildman–Crippen LogP) is -3.67. The average Bonchev–Trinajstić information content (AvgIpc) is 0.811. The van der Waals surface area contributed by atoms with Gasteiger partial charge in [-0.2, -0.15) is 0 Å². The molecular formula is NaO2S2-. The molecule has 1 atom stereocenters. The van der Waals surface area contributed by atoms with Crippen LogP contribution in [0.1, 0.15) is 0 Å². The first-order valence-corrected chi connectivity index (χ1v) is 2.50. The molecule has 5 heavy (non-hydrogen) atoms. The van der Waals surface area contributed by atoms with Gasteiger partial charge in [0.2, 0.25) is 0 Å². The Hall–Kier alpha value is 1.46. The van der Waals surface area contributed by atoms with Crippen LogP contribution in [0.2, 0.25) is 0 Å². The van der Waals surface area contributed by atoms with Gasteiger partial charge in [-0.25, -0.2) is 10.1 Å². The summed E-state index contributed by atoms with van der Waals surface area (Å²) in [5.41, 5.74) is 0. The monoisotopic (exact) mass is 119 g/mol. The molecule has 0 aliphatic rings. The third-order valence-electron chi connectivity index (χ3n) is 0. The van der Waals surface area contributed by atoms with E-state index in [-0.39, 0.29) is 29.6 Å². The molecule has 0 aromatic heterocycles. The summed E-state index contributed by atoms with van der Waals surface area (Å²) >= 11 is 3.54. The van der Waals surface area contributed by atoms with Crippen molar-refractivity contribution in [3.8, 4) is 0 Å². The van der Waals surface area contributed by atoms with Crippen LogP contribution < -0.4 is 29.6 Å². The minimum Gasteiger partial charge on any atom is -0.793 e. The van der Waals surface area contributed by atoms with Gasteiger partial charge in [-0.1, -0.05) is 0 Å². The van der Waals surface area contributed by atoms with E-state index in [1.807, 2.05) is 0 Å². The maximum atomic E-state index is 8.81. The topological polar surface area (TPSA) is 40.1 Å². The summed E-state index contributed by atoms with van der Waals surface area (Å²) in [4.78, 5) is 0. The first kappa shape index (κ1) is 9.68. The van der Waals surface area contributed by atoms with Crippen molar-refractivity contribution in [2.24, 2.45) is 0 Å². The molecule has 0 aromatic carbocycles. The van der Waals surface area contributed by atoms with E-state index in [2.05, 4.69) is 11.7 Å². The normalized spacial score (nSPS) is 12.4. The van der Waals surface area contributed by atoms with Crippen LogP contribution in [-0.2, 0) is 21.8 Å². The van der Waals surface area contributed by atoms with Gasteiger partial charge in [0, 0.05) is 0 Å². The molecule has 26 valence electrons. The molecule has 0 aromatic rings. The Balaban J connectivity index is 0. The van der Waals surface area contributed by atoms with E-state index in [0.29, 0.717) is 0 Å². The van der Waals surface area contributed by atoms with E-state index >= 15 is 0 Å². The Bertz CT molecular complexity index is 30.6. The van der Waals surface area contributed by atoms with Gasteiger partial charge in [0.1, 0.15) is 0 Å². The molecule has 5 heteroatoms. The van der Waals surface area contributed by atoms with E-state index in [1.54, 1.807) is 0 Å². The average molecular weight is 119 g/mol. The van der Waals surface area contributed by atoms with E-state index < -0.39 is 10.1 Å². The molecule has 0 spiro atoms. The second-order valence-electron chi connectivity index (χ2n) is 0.204. The summed E-state index contributed by atoms with van der Waals surface area (Å²) in [7, 11) is -2.28. The molecule has 0 aliphatic heterocycles. The van der Waals surface area contributed by atoms with Crippen molar-refractivity contribution >= 4 is 21.8 Å². The van der Waals surface area contributed by atoms with Gasteiger partial charge in [0.15, 0.2) is 0 Å². The van der Waals surface area contributed by atoms with Crippen LogP contribution in [0.3, 0.4) is 0 Å². The van der Waals surface area contributed by atoms with Gasteiger partial charge in [0.05, 0.1) is 0 Å². The van der Waals surface area contributed by atoms with Gasteiger partial charge in [0.25, 0.3) is 0 Å². The van der Waals surface area contributed by atoms with Crippen LogP contribution in [0.15, 0.2) is 0 Å². The zero-order valence-corrected chi connectivity index (χ0v) is 6.27. The van der Waals surface area contributed by atoms with Crippen LogP contribution >= 0.6 is 0 Å². The second kappa shape index (κ2) is 5.46. The molecule has 0 fully saturated rings. The minimum absolute atomic E-state index is 0. The van der Waals surface area contributed by atoms with Crippen LogP contribution in [0.5, 0.6) is 0 Å². The van der Waals surface area contributed by atoms with Crippen LogP contribution in [-0.4, -0.2) is 8.76 Å². The van der Waals surface area contributed by atoms with Crippen molar-refractivity contribution in [2.75, 3.05) is 0 Å². The summed E-state index contributed by atoms with van der Waals surface area (Å²) in [6.07, 6.45) is 0. The van der Waals surface area contributed by atoms with Gasteiger partial charge in [-0.3, -0.25) is 0 Å². The SMILES string of the molecule is O=S([O-])[S-].[Na+]. The molecule has 0 bridgehead atoms. The zero-order chi connectivity index (χ0) is 3.58. The van der Waals surface area contributed by atoms with E-state index in [4.69, 9.17) is 8.76 Å². The summed E-state index contributed by atoms with van der Waals surface area (Å²) in [5.74, 6) is 0. The maximum Gasteiger partial charge on any atom is 1.00 e. The Morgan fingerprint density at radius 1 is 1.80 bits per heavy atom. The van der Waals surface area contributed by atoms with Crippen molar-refractivity contribution < 1.29 is 38.3 Å². The third kappa shape index (κ3) is 30.7. The Morgan fingerprint density at radius 3 is 1.80 bits per heavy atom. The molecule has 0 heterocycles. The fourth-order valence-corrected chi connectivity index (χ4v) is 0. The van der Waals surface area contributed by atoms with Gasteiger partial charge >= 0.3 is 29.6 Å². The summed E-state index contributed by atoms with van der Waals surface area (Å²) in [5, 5.41) is 0. The second-order valence-corrected chi connectivity index (χ2v) is 1.43. The van der Waals surface area contributed by atoms with Crippen LogP contribution in [0.25, 0.3) is 0 Å². The van der Waals surface area contributed by atoms with Crippen LogP contribution in [0, 0.1) is 0 Å². The molecule has 2 nitrogen and oxygen atoms in total. The minimum atomic E-state index is -2.28. The predicted molar refractivity (Wildman–Crippen MR) is 16.3 cm³/mol. The Kier molecular flexibility index (Phi) is 10.6. The standard InChI is InChI=1S/Na.H2O2S2/c;1-4(2)3/h;(H2,1,2,3)/q+1;/p-2. The van der Waals surface area contributed by atoms with Crippen molar-refractivity contribution in [1.82, 2.24) is 0 Å². The largest absolute Gasteiger partial charge is 1.00 e. The summed E-state index contributed by atoms with van der Waals surface area (Å²) in [6, 6.07) is 0. The number of hydrogen-bond acceptors (Lipinski definition) is 3. The first-order valence-electron chi connectivity index (χ1n) is 0.500.